The van der Waals surface area contributed by atoms with Gasteiger partial charge in [-0.2, -0.15) is 0 Å². The molecular weight excluding hydrogens is 406 g/mol. The number of carbonyl (C=O) groups is 2. The van der Waals surface area contributed by atoms with Gasteiger partial charge in [-0.1, -0.05) is 36.4 Å². The van der Waals surface area contributed by atoms with E-state index in [9.17, 15) is 9.59 Å². The Bertz CT molecular complexity index is 1250. The van der Waals surface area contributed by atoms with Crippen molar-refractivity contribution < 1.29 is 14.3 Å². The number of fused-ring (bicyclic) bond motifs is 1. The molecule has 32 heavy (non-hydrogen) atoms. The van der Waals surface area contributed by atoms with E-state index in [1.54, 1.807) is 17.2 Å². The van der Waals surface area contributed by atoms with Crippen molar-refractivity contribution in [1.82, 2.24) is 20.1 Å². The molecule has 8 nitrogen and oxygen atoms in total. The first kappa shape index (κ1) is 19.7. The van der Waals surface area contributed by atoms with Crippen molar-refractivity contribution in [2.24, 2.45) is 0 Å². The number of ether oxygens (including phenoxy) is 1. The summed E-state index contributed by atoms with van der Waals surface area (Å²) in [5, 5.41) is 9.16. The van der Waals surface area contributed by atoms with Crippen LogP contribution in [0.4, 0.5) is 5.82 Å². The van der Waals surface area contributed by atoms with Gasteiger partial charge in [0.2, 0.25) is 5.88 Å². The van der Waals surface area contributed by atoms with Crippen LogP contribution in [0.5, 0.6) is 11.6 Å². The van der Waals surface area contributed by atoms with Crippen LogP contribution in [0.25, 0.3) is 10.9 Å². The Hall–Kier alpha value is -4.20. The van der Waals surface area contributed by atoms with Gasteiger partial charge in [0.05, 0.1) is 5.56 Å². The van der Waals surface area contributed by atoms with Gasteiger partial charge in [0.25, 0.3) is 11.7 Å². The number of nitrogens with zero attached hydrogens (tertiary/aromatic N) is 4. The van der Waals surface area contributed by atoms with Crippen LogP contribution < -0.4 is 9.64 Å². The number of H-pyrrole nitrogens is 1. The summed E-state index contributed by atoms with van der Waals surface area (Å²) < 4.78 is 5.68. The Morgan fingerprint density at radius 3 is 2.34 bits per heavy atom. The first-order chi connectivity index (χ1) is 15.7. The van der Waals surface area contributed by atoms with Crippen LogP contribution in [0.3, 0.4) is 0 Å². The molecule has 1 saturated heterocycles. The summed E-state index contributed by atoms with van der Waals surface area (Å²) in [5.74, 6) is 0.852. The minimum Gasteiger partial charge on any atom is -0.438 e. The first-order valence-corrected chi connectivity index (χ1v) is 10.4. The standard InChI is InChI=1S/C24H21N5O3/c30-23(19-16-25-20-9-5-4-8-18(19)20)24(31)29-14-12-28(13-15-29)21-10-11-22(27-26-21)32-17-6-2-1-3-7-17/h1-11,16,25H,12-15H2. The summed E-state index contributed by atoms with van der Waals surface area (Å²) in [6.07, 6.45) is 1.61. The first-order valence-electron chi connectivity index (χ1n) is 10.4. The van der Waals surface area contributed by atoms with Crippen molar-refractivity contribution in [2.75, 3.05) is 31.1 Å². The van der Waals surface area contributed by atoms with Crippen LogP contribution in [0.1, 0.15) is 10.4 Å². The summed E-state index contributed by atoms with van der Waals surface area (Å²) in [7, 11) is 0. The number of para-hydroxylation sites is 2. The second-order valence-corrected chi connectivity index (χ2v) is 7.50. The highest BCUT2D eigenvalue weighted by Gasteiger charge is 2.28. The van der Waals surface area contributed by atoms with Crippen molar-refractivity contribution >= 4 is 28.4 Å². The SMILES string of the molecule is O=C(C(=O)N1CCN(c2ccc(Oc3ccccc3)nn2)CC1)c1c[nH]c2ccccc12. The highest BCUT2D eigenvalue weighted by molar-refractivity contribution is 6.44. The summed E-state index contributed by atoms with van der Waals surface area (Å²) in [6.45, 7) is 2.02. The van der Waals surface area contributed by atoms with E-state index < -0.39 is 11.7 Å². The zero-order valence-electron chi connectivity index (χ0n) is 17.3. The molecule has 2 aromatic carbocycles. The molecule has 160 valence electrons. The van der Waals surface area contributed by atoms with Crippen LogP contribution in [0.15, 0.2) is 72.9 Å². The Morgan fingerprint density at radius 1 is 0.844 bits per heavy atom. The minimum atomic E-state index is -0.488. The van der Waals surface area contributed by atoms with Gasteiger partial charge in [-0.25, -0.2) is 0 Å². The normalized spacial score (nSPS) is 13.9. The molecule has 8 heteroatoms. The molecule has 1 aliphatic rings. The molecule has 0 radical (unpaired) electrons. The van der Waals surface area contributed by atoms with Gasteiger partial charge in [0, 0.05) is 49.3 Å². The lowest BCUT2D eigenvalue weighted by atomic mass is 10.1. The number of hydrogen-bond donors (Lipinski definition) is 1. The second-order valence-electron chi connectivity index (χ2n) is 7.50. The zero-order chi connectivity index (χ0) is 21.9. The van der Waals surface area contributed by atoms with E-state index in [1.807, 2.05) is 65.6 Å². The largest absolute Gasteiger partial charge is 0.438 e. The summed E-state index contributed by atoms with van der Waals surface area (Å²) in [6, 6.07) is 20.5. The lowest BCUT2D eigenvalue weighted by Gasteiger charge is -2.34. The molecule has 5 rings (SSSR count). The monoisotopic (exact) mass is 427 g/mol. The van der Waals surface area contributed by atoms with Gasteiger partial charge < -0.3 is 19.5 Å². The van der Waals surface area contributed by atoms with E-state index in [2.05, 4.69) is 15.2 Å². The lowest BCUT2D eigenvalue weighted by molar-refractivity contribution is -0.126. The highest BCUT2D eigenvalue weighted by atomic mass is 16.5. The number of piperazine rings is 1. The fraction of sp³-hybridized carbons (Fsp3) is 0.167. The van der Waals surface area contributed by atoms with Gasteiger partial charge in [-0.15, -0.1) is 10.2 Å². The van der Waals surface area contributed by atoms with Crippen LogP contribution in [-0.2, 0) is 4.79 Å². The number of anilines is 1. The van der Waals surface area contributed by atoms with E-state index in [0.717, 1.165) is 10.9 Å². The Balaban J connectivity index is 1.20. The predicted octanol–water partition coefficient (Wildman–Crippen LogP) is 3.28. The van der Waals surface area contributed by atoms with Crippen molar-refractivity contribution in [2.45, 2.75) is 0 Å². The maximum atomic E-state index is 12.8. The summed E-state index contributed by atoms with van der Waals surface area (Å²) in [5.41, 5.74) is 1.25. The summed E-state index contributed by atoms with van der Waals surface area (Å²) >= 11 is 0. The minimum absolute atomic E-state index is 0.410. The molecule has 0 unspecified atom stereocenters. The molecule has 1 aliphatic heterocycles. The average Bonchev–Trinajstić information content (AvgIpc) is 3.29. The molecule has 3 heterocycles. The van der Waals surface area contributed by atoms with E-state index in [-0.39, 0.29) is 0 Å². The number of carbonyl (C=O) groups excluding carboxylic acids is 2. The smallest absolute Gasteiger partial charge is 0.295 e. The molecule has 0 bridgehead atoms. The molecule has 1 amide bonds. The van der Waals surface area contributed by atoms with Crippen molar-refractivity contribution in [1.29, 1.82) is 0 Å². The molecule has 4 aromatic rings. The molecule has 0 spiro atoms. The van der Waals surface area contributed by atoms with Crippen molar-refractivity contribution in [3.8, 4) is 11.6 Å². The third kappa shape index (κ3) is 3.90. The van der Waals surface area contributed by atoms with Crippen LogP contribution in [0, 0.1) is 0 Å². The van der Waals surface area contributed by atoms with E-state index >= 15 is 0 Å². The number of aromatic nitrogens is 3. The van der Waals surface area contributed by atoms with Gasteiger partial charge in [0.1, 0.15) is 5.75 Å². The third-order valence-corrected chi connectivity index (χ3v) is 5.51. The van der Waals surface area contributed by atoms with E-state index in [4.69, 9.17) is 4.74 Å². The number of nitrogens with one attached hydrogen (secondary N) is 1. The fourth-order valence-corrected chi connectivity index (χ4v) is 3.80. The summed E-state index contributed by atoms with van der Waals surface area (Å²) in [4.78, 5) is 32.3. The number of aromatic amines is 1. The number of amides is 1. The van der Waals surface area contributed by atoms with Crippen molar-refractivity contribution in [3.05, 3.63) is 78.5 Å². The fourth-order valence-electron chi connectivity index (χ4n) is 3.80. The maximum absolute atomic E-state index is 12.8. The van der Waals surface area contributed by atoms with Gasteiger partial charge in [-0.05, 0) is 24.3 Å². The Kier molecular flexibility index (Phi) is 5.25. The quantitative estimate of drug-likeness (QED) is 0.388. The lowest BCUT2D eigenvalue weighted by Crippen LogP contribution is -2.50. The van der Waals surface area contributed by atoms with Crippen LogP contribution in [0.2, 0.25) is 0 Å². The molecule has 0 aliphatic carbocycles. The van der Waals surface area contributed by atoms with E-state index in [0.29, 0.717) is 49.2 Å². The molecule has 0 atom stereocenters. The van der Waals surface area contributed by atoms with E-state index in [1.165, 1.54) is 0 Å². The maximum Gasteiger partial charge on any atom is 0.295 e. The van der Waals surface area contributed by atoms with Crippen LogP contribution in [-0.4, -0.2) is 58.0 Å². The number of ketones is 1. The highest BCUT2D eigenvalue weighted by Crippen LogP contribution is 2.22. The number of benzene rings is 2. The van der Waals surface area contributed by atoms with Gasteiger partial charge in [0.15, 0.2) is 5.82 Å². The number of rotatable bonds is 5. The van der Waals surface area contributed by atoms with Gasteiger partial charge >= 0.3 is 0 Å². The number of Topliss-reactive ketones (excluding diaryl/α,β-unsaturated/α-hetero) is 1. The van der Waals surface area contributed by atoms with Crippen molar-refractivity contribution in [3.63, 3.8) is 0 Å². The third-order valence-electron chi connectivity index (χ3n) is 5.51. The molecule has 1 fully saturated rings. The Morgan fingerprint density at radius 2 is 1.59 bits per heavy atom. The topological polar surface area (TPSA) is 91.4 Å². The Labute approximate surface area is 184 Å². The number of hydrogen-bond acceptors (Lipinski definition) is 6. The molecule has 0 saturated carbocycles. The predicted molar refractivity (Wildman–Crippen MR) is 120 cm³/mol. The van der Waals surface area contributed by atoms with Crippen LogP contribution >= 0.6 is 0 Å². The average molecular weight is 427 g/mol. The zero-order valence-corrected chi connectivity index (χ0v) is 17.3. The van der Waals surface area contributed by atoms with Gasteiger partial charge in [-0.3, -0.25) is 9.59 Å². The second kappa shape index (κ2) is 8.50. The molecular formula is C24H21N5O3. The molecule has 1 N–H and O–H groups in total. The molecule has 2 aromatic heterocycles.